The Labute approximate surface area is 145 Å². The van der Waals surface area contributed by atoms with Gasteiger partial charge in [0, 0.05) is 31.5 Å². The number of carbonyl (C=O) groups excluding carboxylic acids is 1. The number of ether oxygens (including phenoxy) is 1. The highest BCUT2D eigenvalue weighted by Crippen LogP contribution is 2.43. The summed E-state index contributed by atoms with van der Waals surface area (Å²) in [6.07, 6.45) is -5.29. The van der Waals surface area contributed by atoms with E-state index in [-0.39, 0.29) is 23.6 Å². The fourth-order valence-electron chi connectivity index (χ4n) is 2.19. The number of carbonyl (C=O) groups is 1. The van der Waals surface area contributed by atoms with Crippen LogP contribution in [0.4, 0.5) is 22.0 Å². The first-order valence-corrected chi connectivity index (χ1v) is 7.76. The number of aromatic nitrogens is 3. The van der Waals surface area contributed by atoms with Gasteiger partial charge in [-0.3, -0.25) is 4.79 Å². The van der Waals surface area contributed by atoms with Gasteiger partial charge in [0.1, 0.15) is 5.69 Å². The summed E-state index contributed by atoms with van der Waals surface area (Å²) in [5, 5.41) is 6.07. The van der Waals surface area contributed by atoms with Crippen LogP contribution in [-0.2, 0) is 10.7 Å². The minimum Gasteiger partial charge on any atom is -0.382 e. The second kappa shape index (κ2) is 7.52. The highest BCUT2D eigenvalue weighted by atomic mass is 19.4. The number of hydrogen-bond acceptors (Lipinski definition) is 4. The molecular weight excluding hydrogens is 363 g/mol. The van der Waals surface area contributed by atoms with Gasteiger partial charge in [0.15, 0.2) is 11.3 Å². The summed E-state index contributed by atoms with van der Waals surface area (Å²) in [6, 6.07) is 1.65. The molecule has 0 aromatic carbocycles. The molecule has 11 heteroatoms. The van der Waals surface area contributed by atoms with E-state index in [4.69, 9.17) is 4.74 Å². The normalized spacial score (nSPS) is 12.6. The highest BCUT2D eigenvalue weighted by molar-refractivity contribution is 5.93. The van der Waals surface area contributed by atoms with Crippen molar-refractivity contribution in [3.63, 3.8) is 0 Å². The lowest BCUT2D eigenvalue weighted by Crippen LogP contribution is -2.36. The molecule has 0 fully saturated rings. The SMILES string of the molecule is CCOCCCNC(=O)c1cc2nc(C)cc(C(F)(F)C(F)(F)F)n2n1. The van der Waals surface area contributed by atoms with E-state index in [1.165, 1.54) is 6.92 Å². The molecule has 26 heavy (non-hydrogen) atoms. The second-order valence-corrected chi connectivity index (χ2v) is 5.46. The second-order valence-electron chi connectivity index (χ2n) is 5.46. The van der Waals surface area contributed by atoms with Crippen LogP contribution in [0.1, 0.15) is 35.2 Å². The van der Waals surface area contributed by atoms with Crippen LogP contribution in [0.3, 0.4) is 0 Å². The number of nitrogens with zero attached hydrogens (tertiary/aromatic N) is 3. The third-order valence-electron chi connectivity index (χ3n) is 3.42. The molecule has 0 radical (unpaired) electrons. The zero-order valence-electron chi connectivity index (χ0n) is 14.0. The maximum absolute atomic E-state index is 13.8. The third kappa shape index (κ3) is 4.09. The highest BCUT2D eigenvalue weighted by Gasteiger charge is 2.60. The molecule has 2 aromatic heterocycles. The number of rotatable bonds is 7. The third-order valence-corrected chi connectivity index (χ3v) is 3.42. The number of fused-ring (bicyclic) bond motifs is 1. The number of halogens is 5. The summed E-state index contributed by atoms with van der Waals surface area (Å²) in [5.41, 5.74) is -2.04. The van der Waals surface area contributed by atoms with Gasteiger partial charge in [-0.2, -0.15) is 27.1 Å². The molecule has 0 saturated carbocycles. The predicted molar refractivity (Wildman–Crippen MR) is 81.1 cm³/mol. The van der Waals surface area contributed by atoms with Crippen LogP contribution in [0.15, 0.2) is 12.1 Å². The van der Waals surface area contributed by atoms with Crippen molar-refractivity contribution in [1.82, 2.24) is 19.9 Å². The van der Waals surface area contributed by atoms with E-state index in [1.54, 1.807) is 0 Å². The van der Waals surface area contributed by atoms with Crippen LogP contribution in [0.5, 0.6) is 0 Å². The molecule has 0 atom stereocenters. The molecule has 0 unspecified atom stereocenters. The maximum atomic E-state index is 13.8. The number of aryl methyl sites for hydroxylation is 1. The Hall–Kier alpha value is -2.30. The zero-order valence-corrected chi connectivity index (χ0v) is 14.0. The molecule has 0 spiro atoms. The Balaban J connectivity index is 2.30. The monoisotopic (exact) mass is 380 g/mol. The van der Waals surface area contributed by atoms with Crippen LogP contribution in [-0.4, -0.2) is 46.4 Å². The number of nitrogens with one attached hydrogen (secondary N) is 1. The lowest BCUT2D eigenvalue weighted by molar-refractivity contribution is -0.291. The van der Waals surface area contributed by atoms with Crippen molar-refractivity contribution in [2.75, 3.05) is 19.8 Å². The largest absolute Gasteiger partial charge is 0.459 e. The first-order valence-electron chi connectivity index (χ1n) is 7.76. The summed E-state index contributed by atoms with van der Waals surface area (Å²) in [4.78, 5) is 15.9. The van der Waals surface area contributed by atoms with Crippen molar-refractivity contribution < 1.29 is 31.5 Å². The van der Waals surface area contributed by atoms with Gasteiger partial charge in [0.05, 0.1) is 0 Å². The Morgan fingerprint density at radius 2 is 1.96 bits per heavy atom. The lowest BCUT2D eigenvalue weighted by Gasteiger charge is -2.20. The Morgan fingerprint density at radius 3 is 2.58 bits per heavy atom. The molecule has 0 bridgehead atoms. The van der Waals surface area contributed by atoms with Crippen molar-refractivity contribution >= 4 is 11.6 Å². The molecule has 0 saturated heterocycles. The molecule has 1 amide bonds. The fourth-order valence-corrected chi connectivity index (χ4v) is 2.19. The Morgan fingerprint density at radius 1 is 1.27 bits per heavy atom. The van der Waals surface area contributed by atoms with E-state index in [2.05, 4.69) is 15.4 Å². The van der Waals surface area contributed by atoms with Gasteiger partial charge >= 0.3 is 12.1 Å². The van der Waals surface area contributed by atoms with Crippen molar-refractivity contribution in [3.05, 3.63) is 29.2 Å². The van der Waals surface area contributed by atoms with Crippen molar-refractivity contribution in [2.24, 2.45) is 0 Å². The molecule has 2 aromatic rings. The van der Waals surface area contributed by atoms with Crippen LogP contribution < -0.4 is 5.32 Å². The topological polar surface area (TPSA) is 68.5 Å². The predicted octanol–water partition coefficient (Wildman–Crippen LogP) is 2.85. The average molecular weight is 380 g/mol. The first kappa shape index (κ1) is 20.0. The fraction of sp³-hybridized carbons (Fsp3) is 0.533. The van der Waals surface area contributed by atoms with Crippen molar-refractivity contribution in [2.45, 2.75) is 32.4 Å². The molecule has 144 valence electrons. The Kier molecular flexibility index (Phi) is 5.79. The quantitative estimate of drug-likeness (QED) is 0.593. The first-order chi connectivity index (χ1) is 12.1. The van der Waals surface area contributed by atoms with Gasteiger partial charge in [0.25, 0.3) is 5.91 Å². The van der Waals surface area contributed by atoms with E-state index < -0.39 is 23.7 Å². The maximum Gasteiger partial charge on any atom is 0.459 e. The zero-order chi connectivity index (χ0) is 19.5. The molecule has 2 rings (SSSR count). The summed E-state index contributed by atoms with van der Waals surface area (Å²) in [5.74, 6) is -5.85. The number of amides is 1. The molecular formula is C15H17F5N4O2. The minimum atomic E-state index is -5.80. The molecule has 0 aliphatic rings. The van der Waals surface area contributed by atoms with Gasteiger partial charge < -0.3 is 10.1 Å². The van der Waals surface area contributed by atoms with E-state index >= 15 is 0 Å². The number of hydrogen-bond donors (Lipinski definition) is 1. The molecule has 2 heterocycles. The summed E-state index contributed by atoms with van der Waals surface area (Å²) < 4.78 is 71.1. The van der Waals surface area contributed by atoms with E-state index in [0.29, 0.717) is 30.2 Å². The van der Waals surface area contributed by atoms with Gasteiger partial charge in [0.2, 0.25) is 0 Å². The van der Waals surface area contributed by atoms with Crippen LogP contribution in [0.2, 0.25) is 0 Å². The van der Waals surface area contributed by atoms with Gasteiger partial charge in [-0.1, -0.05) is 0 Å². The molecule has 1 N–H and O–H groups in total. The van der Waals surface area contributed by atoms with E-state index in [0.717, 1.165) is 6.07 Å². The van der Waals surface area contributed by atoms with E-state index in [9.17, 15) is 26.7 Å². The lowest BCUT2D eigenvalue weighted by atomic mass is 10.2. The minimum absolute atomic E-state index is 0.0556. The average Bonchev–Trinajstić information content (AvgIpc) is 2.96. The van der Waals surface area contributed by atoms with Gasteiger partial charge in [-0.15, -0.1) is 0 Å². The smallest absolute Gasteiger partial charge is 0.382 e. The Bertz CT molecular complexity index is 788. The van der Waals surface area contributed by atoms with Gasteiger partial charge in [-0.25, -0.2) is 9.50 Å². The van der Waals surface area contributed by atoms with Gasteiger partial charge in [-0.05, 0) is 26.3 Å². The summed E-state index contributed by atoms with van der Waals surface area (Å²) in [6.45, 7) is 4.28. The standard InChI is InChI=1S/C15H17F5N4O2/c1-3-26-6-4-5-21-13(25)10-8-12-22-9(2)7-11(24(12)23-10)14(16,17)15(18,19)20/h7-8H,3-6H2,1-2H3,(H,21,25). The van der Waals surface area contributed by atoms with Crippen LogP contribution in [0, 0.1) is 6.92 Å². The van der Waals surface area contributed by atoms with Crippen molar-refractivity contribution in [1.29, 1.82) is 0 Å². The molecule has 6 nitrogen and oxygen atoms in total. The van der Waals surface area contributed by atoms with Crippen LogP contribution >= 0.6 is 0 Å². The van der Waals surface area contributed by atoms with Crippen molar-refractivity contribution in [3.8, 4) is 0 Å². The number of alkyl halides is 5. The van der Waals surface area contributed by atoms with E-state index in [1.807, 2.05) is 6.92 Å². The summed E-state index contributed by atoms with van der Waals surface area (Å²) >= 11 is 0. The molecule has 0 aliphatic heterocycles. The molecule has 0 aliphatic carbocycles. The van der Waals surface area contributed by atoms with Crippen LogP contribution in [0.25, 0.3) is 5.65 Å². The summed E-state index contributed by atoms with van der Waals surface area (Å²) in [7, 11) is 0.